The van der Waals surface area contributed by atoms with Gasteiger partial charge in [-0.15, -0.1) is 11.3 Å². The van der Waals surface area contributed by atoms with Gasteiger partial charge in [0.15, 0.2) is 0 Å². The van der Waals surface area contributed by atoms with Gasteiger partial charge < -0.3 is 10.4 Å². The Labute approximate surface area is 132 Å². The van der Waals surface area contributed by atoms with Crippen LogP contribution in [-0.4, -0.2) is 22.0 Å². The minimum Gasteiger partial charge on any atom is -0.480 e. The maximum atomic E-state index is 12.1. The lowest BCUT2D eigenvalue weighted by Gasteiger charge is -2.13. The number of carboxylic acids is 1. The van der Waals surface area contributed by atoms with Gasteiger partial charge in [-0.1, -0.05) is 20.8 Å². The molecule has 1 aromatic heterocycles. The Bertz CT molecular complexity index is 769. The number of hydrogen-bond donors (Lipinski definition) is 2. The molecule has 0 atom stereocenters. The number of aliphatic carboxylic acids is 1. The number of aromatic nitrogens is 1. The summed E-state index contributed by atoms with van der Waals surface area (Å²) in [6.45, 7) is 6.32. The molecule has 22 heavy (non-hydrogen) atoms. The van der Waals surface area contributed by atoms with Gasteiger partial charge in [0.2, 0.25) is 5.91 Å². The van der Waals surface area contributed by atoms with Crippen molar-refractivity contribution in [2.24, 2.45) is 5.41 Å². The van der Waals surface area contributed by atoms with Crippen LogP contribution in [0.4, 0.5) is 5.69 Å². The molecule has 1 saturated carbocycles. The van der Waals surface area contributed by atoms with Gasteiger partial charge in [-0.2, -0.15) is 0 Å². The Kier molecular flexibility index (Phi) is 3.25. The van der Waals surface area contributed by atoms with E-state index in [4.69, 9.17) is 5.11 Å². The third kappa shape index (κ3) is 2.47. The van der Waals surface area contributed by atoms with Crippen molar-refractivity contribution in [3.05, 3.63) is 23.2 Å². The third-order valence-electron chi connectivity index (χ3n) is 3.88. The van der Waals surface area contributed by atoms with Crippen LogP contribution < -0.4 is 5.32 Å². The van der Waals surface area contributed by atoms with E-state index in [1.807, 2.05) is 12.1 Å². The van der Waals surface area contributed by atoms with Crippen LogP contribution in [0.1, 0.15) is 38.6 Å². The van der Waals surface area contributed by atoms with Gasteiger partial charge in [-0.3, -0.25) is 9.59 Å². The van der Waals surface area contributed by atoms with Crippen LogP contribution in [0.15, 0.2) is 18.2 Å². The first-order valence-electron chi connectivity index (χ1n) is 7.18. The molecule has 6 heteroatoms. The molecule has 0 unspecified atom stereocenters. The van der Waals surface area contributed by atoms with E-state index in [1.165, 1.54) is 0 Å². The monoisotopic (exact) mass is 318 g/mol. The maximum Gasteiger partial charge on any atom is 0.319 e. The second-order valence-electron chi connectivity index (χ2n) is 6.79. The Morgan fingerprint density at radius 2 is 2.00 bits per heavy atom. The quantitative estimate of drug-likeness (QED) is 0.850. The predicted molar refractivity (Wildman–Crippen MR) is 86.3 cm³/mol. The Hall–Kier alpha value is -1.95. The van der Waals surface area contributed by atoms with Gasteiger partial charge >= 0.3 is 5.97 Å². The Balaban J connectivity index is 1.86. The van der Waals surface area contributed by atoms with Crippen molar-refractivity contribution in [2.75, 3.05) is 5.32 Å². The smallest absolute Gasteiger partial charge is 0.319 e. The van der Waals surface area contributed by atoms with E-state index < -0.39 is 17.3 Å². The first-order valence-corrected chi connectivity index (χ1v) is 8.00. The third-order valence-corrected chi connectivity index (χ3v) is 5.33. The van der Waals surface area contributed by atoms with E-state index in [0.29, 0.717) is 18.5 Å². The minimum absolute atomic E-state index is 0.0194. The second kappa shape index (κ2) is 4.78. The Morgan fingerprint density at radius 1 is 1.32 bits per heavy atom. The summed E-state index contributed by atoms with van der Waals surface area (Å²) in [6, 6.07) is 5.49. The number of rotatable bonds is 3. The fraction of sp³-hybridized carbons (Fsp3) is 0.438. The van der Waals surface area contributed by atoms with Gasteiger partial charge in [0.1, 0.15) is 5.41 Å². The van der Waals surface area contributed by atoms with Crippen molar-refractivity contribution in [3.63, 3.8) is 0 Å². The van der Waals surface area contributed by atoms with Crippen LogP contribution in [0, 0.1) is 5.41 Å². The molecule has 1 aliphatic carbocycles. The van der Waals surface area contributed by atoms with Crippen molar-refractivity contribution >= 4 is 39.1 Å². The first-order chi connectivity index (χ1) is 10.2. The summed E-state index contributed by atoms with van der Waals surface area (Å²) < 4.78 is 0.989. The summed E-state index contributed by atoms with van der Waals surface area (Å²) in [7, 11) is 0. The molecule has 0 radical (unpaired) electrons. The molecular weight excluding hydrogens is 300 g/mol. The average molecular weight is 318 g/mol. The molecule has 2 N–H and O–H groups in total. The number of carbonyl (C=O) groups excluding carboxylic acids is 1. The lowest BCUT2D eigenvalue weighted by atomic mass is 9.98. The minimum atomic E-state index is -1.22. The molecule has 1 amide bonds. The number of carboxylic acid groups (broad SMARTS) is 1. The van der Waals surface area contributed by atoms with Crippen molar-refractivity contribution in [1.82, 2.24) is 4.98 Å². The van der Waals surface area contributed by atoms with E-state index in [1.54, 1.807) is 17.4 Å². The lowest BCUT2D eigenvalue weighted by molar-refractivity contribution is -0.147. The summed E-state index contributed by atoms with van der Waals surface area (Å²) in [4.78, 5) is 27.9. The zero-order chi connectivity index (χ0) is 16.1. The van der Waals surface area contributed by atoms with E-state index in [2.05, 4.69) is 31.1 Å². The number of carbonyl (C=O) groups is 2. The van der Waals surface area contributed by atoms with Gasteiger partial charge in [0, 0.05) is 11.1 Å². The molecule has 116 valence electrons. The van der Waals surface area contributed by atoms with E-state index in [0.717, 1.165) is 15.2 Å². The molecule has 0 saturated heterocycles. The van der Waals surface area contributed by atoms with Crippen LogP contribution in [0.2, 0.25) is 0 Å². The largest absolute Gasteiger partial charge is 0.480 e. The molecule has 0 aliphatic heterocycles. The SMILES string of the molecule is CC(C)(C)c1nc2ccc(NC(=O)C3(C(=O)O)CC3)cc2s1. The van der Waals surface area contributed by atoms with Crippen LogP contribution in [0.3, 0.4) is 0 Å². The topological polar surface area (TPSA) is 79.3 Å². The summed E-state index contributed by atoms with van der Waals surface area (Å²) >= 11 is 1.60. The molecule has 0 spiro atoms. The highest BCUT2D eigenvalue weighted by Gasteiger charge is 2.57. The first kappa shape index (κ1) is 15.0. The number of nitrogens with zero attached hydrogens (tertiary/aromatic N) is 1. The maximum absolute atomic E-state index is 12.1. The molecule has 1 fully saturated rings. The highest BCUT2D eigenvalue weighted by Crippen LogP contribution is 2.46. The van der Waals surface area contributed by atoms with Gasteiger partial charge in [-0.05, 0) is 31.0 Å². The molecule has 1 aliphatic rings. The number of thiazole rings is 1. The van der Waals surface area contributed by atoms with Crippen molar-refractivity contribution < 1.29 is 14.7 Å². The van der Waals surface area contributed by atoms with Crippen molar-refractivity contribution in [1.29, 1.82) is 0 Å². The molecule has 5 nitrogen and oxygen atoms in total. The molecular formula is C16H18N2O3S. The lowest BCUT2D eigenvalue weighted by Crippen LogP contribution is -2.31. The van der Waals surface area contributed by atoms with Gasteiger partial charge in [0.25, 0.3) is 0 Å². The van der Waals surface area contributed by atoms with Gasteiger partial charge in [0.05, 0.1) is 15.2 Å². The zero-order valence-electron chi connectivity index (χ0n) is 12.8. The van der Waals surface area contributed by atoms with E-state index in [9.17, 15) is 9.59 Å². The average Bonchev–Trinajstić information content (AvgIpc) is 3.12. The summed E-state index contributed by atoms with van der Waals surface area (Å²) in [6.07, 6.45) is 0.816. The second-order valence-corrected chi connectivity index (χ2v) is 7.82. The Morgan fingerprint density at radius 3 is 2.55 bits per heavy atom. The standard InChI is InChI=1S/C16H18N2O3S/c1-15(2,3)13-18-10-5-4-9(8-11(10)22-13)17-12(19)16(6-7-16)14(20)21/h4-5,8H,6-7H2,1-3H3,(H,17,19)(H,20,21). The molecule has 3 rings (SSSR count). The van der Waals surface area contributed by atoms with Gasteiger partial charge in [-0.25, -0.2) is 4.98 Å². The highest BCUT2D eigenvalue weighted by molar-refractivity contribution is 7.18. The van der Waals surface area contributed by atoms with Crippen molar-refractivity contribution in [2.45, 2.75) is 39.0 Å². The van der Waals surface area contributed by atoms with Crippen LogP contribution in [0.5, 0.6) is 0 Å². The number of nitrogens with one attached hydrogen (secondary N) is 1. The number of benzene rings is 1. The number of hydrogen-bond acceptors (Lipinski definition) is 4. The van der Waals surface area contributed by atoms with Crippen molar-refractivity contribution in [3.8, 4) is 0 Å². The predicted octanol–water partition coefficient (Wildman–Crippen LogP) is 3.40. The van der Waals surface area contributed by atoms with Crippen LogP contribution in [-0.2, 0) is 15.0 Å². The number of anilines is 1. The number of amides is 1. The number of fused-ring (bicyclic) bond motifs is 1. The fourth-order valence-electron chi connectivity index (χ4n) is 2.24. The molecule has 0 bridgehead atoms. The highest BCUT2D eigenvalue weighted by atomic mass is 32.1. The summed E-state index contributed by atoms with van der Waals surface area (Å²) in [5.41, 5.74) is 0.273. The van der Waals surface area contributed by atoms with E-state index in [-0.39, 0.29) is 5.41 Å². The zero-order valence-corrected chi connectivity index (χ0v) is 13.6. The molecule has 1 aromatic carbocycles. The van der Waals surface area contributed by atoms with Crippen LogP contribution >= 0.6 is 11.3 Å². The summed E-state index contributed by atoms with van der Waals surface area (Å²) in [5, 5.41) is 12.9. The van der Waals surface area contributed by atoms with E-state index >= 15 is 0 Å². The normalized spacial score (nSPS) is 16.5. The molecule has 2 aromatic rings. The summed E-state index contributed by atoms with van der Waals surface area (Å²) in [5.74, 6) is -1.47. The molecule has 1 heterocycles. The fourth-order valence-corrected chi connectivity index (χ4v) is 3.30. The van der Waals surface area contributed by atoms with Crippen LogP contribution in [0.25, 0.3) is 10.2 Å².